The van der Waals surface area contributed by atoms with Crippen LogP contribution in [0, 0.1) is 45.2 Å². The van der Waals surface area contributed by atoms with Crippen LogP contribution in [-0.2, 0) is 43.1 Å². The van der Waals surface area contributed by atoms with Gasteiger partial charge in [0.2, 0.25) is 0 Å². The van der Waals surface area contributed by atoms with Gasteiger partial charge in [0.25, 0.3) is 0 Å². The number of Topliss-reactive ketones (excluding diaryl/α,β-unsaturated/α-hetero) is 1. The predicted molar refractivity (Wildman–Crippen MR) is 480 cm³/mol. The monoisotopic (exact) mass is 1610 g/mol. The van der Waals surface area contributed by atoms with Crippen molar-refractivity contribution in [3.05, 3.63) is 356 Å². The molecule has 6 atom stereocenters. The number of pyridine rings is 1. The minimum absolute atomic E-state index is 0.163. The molecule has 2 unspecified atom stereocenters. The third-order valence-corrected chi connectivity index (χ3v) is 18.7. The first-order valence-corrected chi connectivity index (χ1v) is 41.0. The highest BCUT2D eigenvalue weighted by Crippen LogP contribution is 2.30. The average molecular weight is 1610 g/mol. The summed E-state index contributed by atoms with van der Waals surface area (Å²) in [5.41, 5.74) is 25.1. The highest BCUT2D eigenvalue weighted by Gasteiger charge is 2.30. The van der Waals surface area contributed by atoms with Crippen molar-refractivity contribution in [3.8, 4) is 0 Å². The molecule has 4 heterocycles. The molecular weight excluding hydrogens is 1480 g/mol. The van der Waals surface area contributed by atoms with E-state index in [0.29, 0.717) is 52.4 Å². The van der Waals surface area contributed by atoms with E-state index in [1.165, 1.54) is 81.4 Å². The number of nitrogens with one attached hydrogen (secondary N) is 4. The first kappa shape index (κ1) is 99.7. The van der Waals surface area contributed by atoms with Crippen molar-refractivity contribution < 1.29 is 26.7 Å². The molecule has 1 aliphatic carbocycles. The van der Waals surface area contributed by atoms with Gasteiger partial charge in [-0.15, -0.1) is 11.3 Å². The Kier molecular flexibility index (Phi) is 49.8. The van der Waals surface area contributed by atoms with E-state index in [1.807, 2.05) is 157 Å². The number of aromatic amines is 1. The molecule has 1 fully saturated rings. The number of nitrogens with zero attached hydrogens (tertiary/aromatic N) is 3. The molecule has 10 nitrogen and oxygen atoms in total. The highest BCUT2D eigenvalue weighted by molar-refractivity contribution is 7.09. The number of halogens is 6. The molecule has 17 heteroatoms. The molecule has 0 spiro atoms. The SMILES string of the molecule is CC(C)c1ccc(F)cc1.CC(C)c1ccc(F)cc1.CC1Cc2ccccc2N1.CCC1CCCC1=O.CN[C@@H](C)Cc1ccccc1.CN[C@H](C)Cc1ccccc1.C[C@@H](N)Cc1ccccc1.C[C@H](N)Cc1ccccc1.Cc1ccc(Cl)nc1.Cc1cccc(C(F)(F)F)c1.Cc1nc2ccccc2[nH]1.Cc1nccs1. The van der Waals surface area contributed by atoms with Crippen molar-refractivity contribution in [2.75, 3.05) is 19.4 Å². The first-order chi connectivity index (χ1) is 54.9. The lowest BCUT2D eigenvalue weighted by Crippen LogP contribution is -2.23. The fourth-order valence-electron chi connectivity index (χ4n) is 11.3. The van der Waals surface area contributed by atoms with E-state index in [9.17, 15) is 26.7 Å². The molecule has 2 aliphatic rings. The van der Waals surface area contributed by atoms with Crippen LogP contribution in [0.25, 0.3) is 11.0 Å². The van der Waals surface area contributed by atoms with Gasteiger partial charge in [0, 0.05) is 66.0 Å². The summed E-state index contributed by atoms with van der Waals surface area (Å²) in [6, 6.07) is 82.6. The second-order valence-electron chi connectivity index (χ2n) is 29.3. The number of para-hydroxylation sites is 3. The fourth-order valence-corrected chi connectivity index (χ4v) is 11.8. The number of rotatable bonds is 13. The highest BCUT2D eigenvalue weighted by atomic mass is 35.5. The molecular formula is C98H127ClF5N9OS. The third-order valence-electron chi connectivity index (χ3n) is 17.8. The van der Waals surface area contributed by atoms with Crippen molar-refractivity contribution >= 4 is 45.4 Å². The second-order valence-corrected chi connectivity index (χ2v) is 30.8. The number of carbonyl (C=O) groups excluding carboxylic acids is 1. The van der Waals surface area contributed by atoms with E-state index in [1.54, 1.807) is 42.8 Å². The first-order valence-electron chi connectivity index (χ1n) is 39.8. The number of aromatic nitrogens is 4. The summed E-state index contributed by atoms with van der Waals surface area (Å²) in [6.07, 6.45) is 8.85. The van der Waals surface area contributed by atoms with Gasteiger partial charge in [0.05, 0.1) is 21.6 Å². The second kappa shape index (κ2) is 57.5. The number of benzene rings is 9. The zero-order valence-electron chi connectivity index (χ0n) is 70.5. The van der Waals surface area contributed by atoms with Gasteiger partial charge in [-0.2, -0.15) is 13.2 Å². The van der Waals surface area contributed by atoms with Crippen molar-refractivity contribution in [1.82, 2.24) is 30.6 Å². The number of carbonyl (C=O) groups is 1. The normalized spacial score (nSPS) is 13.6. The summed E-state index contributed by atoms with van der Waals surface area (Å²) < 4.78 is 60.6. The molecule has 9 aromatic carbocycles. The predicted octanol–water partition coefficient (Wildman–Crippen LogP) is 24.9. The lowest BCUT2D eigenvalue weighted by atomic mass is 10.0. The van der Waals surface area contributed by atoms with E-state index in [2.05, 4.69) is 188 Å². The Morgan fingerprint density at radius 3 is 1.33 bits per heavy atom. The van der Waals surface area contributed by atoms with E-state index in [-0.39, 0.29) is 23.7 Å². The van der Waals surface area contributed by atoms with Gasteiger partial charge < -0.3 is 32.4 Å². The van der Waals surface area contributed by atoms with Crippen LogP contribution in [0.5, 0.6) is 0 Å². The number of anilines is 1. The van der Waals surface area contributed by atoms with Crippen molar-refractivity contribution in [2.45, 2.75) is 203 Å². The van der Waals surface area contributed by atoms with Crippen LogP contribution < -0.4 is 27.4 Å². The Morgan fingerprint density at radius 2 is 1.00 bits per heavy atom. The molecule has 14 rings (SSSR count). The standard InChI is InChI=1S/2C10H15N.2C9H11F.C9H11N.2C9H13N.C8H7F3.C8H8N2.C7H12O.C6H6ClN.C4H5NS/c2*1-9(11-2)8-10-6-4-3-5-7-10;2*1-7(2)8-3-5-9(10)6-4-8;1-7-6-8-4-2-3-5-9(8)10-7;2*1-8(10)7-9-5-3-2-4-6-9;1-6-3-2-4-7(5-6)8(9,10)11;1-6-9-7-4-2-3-5-8(7)10-6;1-2-6-4-3-5-7(6)8;1-5-2-3-6(7)8-4-5;1-4-5-2-3-6-4/h2*3-7,9,11H,8H2,1-2H3;2*3-7H,1-2H3;2-5,7,10H,6H2,1H3;2*2-6,8H,7,10H2,1H3;2-5H,1H3;2-5H,1H3,(H,9,10);6H,2-5H2,1H3;2-4H,1H3;2-3H,1H3/t2*9-;;;;2*8-;;;;;/m10...10...../s1. The number of imidazole rings is 1. The van der Waals surface area contributed by atoms with Gasteiger partial charge in [-0.3, -0.25) is 9.78 Å². The van der Waals surface area contributed by atoms with Gasteiger partial charge in [0.15, 0.2) is 0 Å². The Balaban J connectivity index is 0.000000325. The van der Waals surface area contributed by atoms with Gasteiger partial charge >= 0.3 is 6.18 Å². The number of aryl methyl sites for hydroxylation is 4. The number of nitrogens with two attached hydrogens (primary N) is 2. The lowest BCUT2D eigenvalue weighted by molar-refractivity contribution is -0.137. The topological polar surface area (TPSA) is 160 Å². The number of ketones is 1. The summed E-state index contributed by atoms with van der Waals surface area (Å²) in [4.78, 5) is 26.0. The zero-order chi connectivity index (χ0) is 84.9. The van der Waals surface area contributed by atoms with Gasteiger partial charge in [0.1, 0.15) is 28.4 Å². The van der Waals surface area contributed by atoms with Crippen molar-refractivity contribution in [1.29, 1.82) is 0 Å². The summed E-state index contributed by atoms with van der Waals surface area (Å²) in [5, 5.41) is 13.5. The minimum Gasteiger partial charge on any atom is -0.382 e. The number of H-pyrrole nitrogens is 1. The zero-order valence-corrected chi connectivity index (χ0v) is 72.1. The van der Waals surface area contributed by atoms with Crippen LogP contribution >= 0.6 is 22.9 Å². The van der Waals surface area contributed by atoms with Crippen molar-refractivity contribution in [3.63, 3.8) is 0 Å². The molecule has 0 bridgehead atoms. The number of hydrogen-bond donors (Lipinski definition) is 6. The Bertz CT molecular complexity index is 4180. The van der Waals surface area contributed by atoms with Gasteiger partial charge in [-0.25, -0.2) is 18.7 Å². The van der Waals surface area contributed by atoms with Crippen LogP contribution in [0.1, 0.15) is 173 Å². The minimum atomic E-state index is -4.22. The van der Waals surface area contributed by atoms with Crippen LogP contribution in [0.4, 0.5) is 27.6 Å². The fraction of sp³-hybridized carbons (Fsp3) is 0.347. The summed E-state index contributed by atoms with van der Waals surface area (Å²) in [7, 11) is 3.99. The maximum Gasteiger partial charge on any atom is 0.416 e. The number of hydrogen-bond acceptors (Lipinski definition) is 10. The molecule has 3 aromatic heterocycles. The van der Waals surface area contributed by atoms with E-state index >= 15 is 0 Å². The van der Waals surface area contributed by atoms with E-state index in [4.69, 9.17) is 23.1 Å². The van der Waals surface area contributed by atoms with Gasteiger partial charge in [-0.1, -0.05) is 252 Å². The molecule has 0 radical (unpaired) electrons. The maximum absolute atomic E-state index is 12.4. The number of fused-ring (bicyclic) bond motifs is 2. The molecule has 1 saturated carbocycles. The number of likely N-dealkylation sites (N-methyl/N-ethyl adjacent to an activating group) is 2. The Labute approximate surface area is 694 Å². The molecule has 115 heavy (non-hydrogen) atoms. The van der Waals surface area contributed by atoms with Gasteiger partial charge in [-0.05, 0) is 239 Å². The summed E-state index contributed by atoms with van der Waals surface area (Å²) in [5.74, 6) is 2.54. The maximum atomic E-state index is 12.4. The summed E-state index contributed by atoms with van der Waals surface area (Å²) >= 11 is 7.17. The van der Waals surface area contributed by atoms with Crippen LogP contribution in [0.2, 0.25) is 5.15 Å². The number of thiazole rings is 1. The third kappa shape index (κ3) is 46.6. The molecule has 0 amide bonds. The lowest BCUT2D eigenvalue weighted by Gasteiger charge is -2.08. The van der Waals surface area contributed by atoms with Crippen LogP contribution in [0.15, 0.2) is 273 Å². The van der Waals surface area contributed by atoms with Crippen LogP contribution in [0.3, 0.4) is 0 Å². The van der Waals surface area contributed by atoms with E-state index < -0.39 is 11.7 Å². The van der Waals surface area contributed by atoms with Crippen molar-refractivity contribution in [2.24, 2.45) is 17.4 Å². The average Bonchev–Trinajstić information content (AvgIpc) is 1.67. The molecule has 1 aliphatic heterocycles. The molecule has 0 saturated heterocycles. The molecule has 12 aromatic rings. The molecule has 8 N–H and O–H groups in total. The number of alkyl halides is 3. The molecule has 618 valence electrons. The smallest absolute Gasteiger partial charge is 0.382 e. The Morgan fingerprint density at radius 1 is 0.548 bits per heavy atom. The largest absolute Gasteiger partial charge is 0.416 e. The summed E-state index contributed by atoms with van der Waals surface area (Å²) in [6.45, 7) is 28.6. The quantitative estimate of drug-likeness (QED) is 0.0488. The van der Waals surface area contributed by atoms with E-state index in [0.717, 1.165) is 90.9 Å². The van der Waals surface area contributed by atoms with Crippen LogP contribution in [-0.4, -0.2) is 70.0 Å². The Hall–Kier alpha value is -9.52.